The molecule has 0 amide bonds. The zero-order valence-corrected chi connectivity index (χ0v) is 11.6. The molecule has 0 radical (unpaired) electrons. The molecular formula is C13H11BrClNO. The first-order valence-electron chi connectivity index (χ1n) is 5.15. The monoisotopic (exact) mass is 311 g/mol. The van der Waals surface area contributed by atoms with Gasteiger partial charge in [-0.3, -0.25) is 0 Å². The van der Waals surface area contributed by atoms with Crippen molar-refractivity contribution in [2.75, 3.05) is 0 Å². The van der Waals surface area contributed by atoms with Gasteiger partial charge in [0.2, 0.25) is 5.88 Å². The number of ether oxygens (including phenoxy) is 1. The molecule has 0 aliphatic rings. The fraction of sp³-hybridized carbons (Fsp3) is 0.154. The highest BCUT2D eigenvalue weighted by atomic mass is 79.9. The molecule has 2 rings (SSSR count). The van der Waals surface area contributed by atoms with E-state index in [2.05, 4.69) is 20.9 Å². The van der Waals surface area contributed by atoms with Gasteiger partial charge in [-0.1, -0.05) is 23.7 Å². The zero-order chi connectivity index (χ0) is 12.3. The zero-order valence-electron chi connectivity index (χ0n) is 9.28. The van der Waals surface area contributed by atoms with Crippen LogP contribution in [0.5, 0.6) is 5.88 Å². The summed E-state index contributed by atoms with van der Waals surface area (Å²) in [6, 6.07) is 9.52. The van der Waals surface area contributed by atoms with E-state index in [9.17, 15) is 0 Å². The first kappa shape index (κ1) is 12.4. The quantitative estimate of drug-likeness (QED) is 0.839. The smallest absolute Gasteiger partial charge is 0.228 e. The van der Waals surface area contributed by atoms with Gasteiger partial charge in [0.1, 0.15) is 6.61 Å². The molecule has 2 nitrogen and oxygen atoms in total. The van der Waals surface area contributed by atoms with Crippen LogP contribution in [0, 0.1) is 6.92 Å². The Morgan fingerprint density at radius 1 is 1.35 bits per heavy atom. The van der Waals surface area contributed by atoms with Crippen LogP contribution in [0.4, 0.5) is 0 Å². The number of benzene rings is 1. The summed E-state index contributed by atoms with van der Waals surface area (Å²) in [6.07, 6.45) is 1.73. The van der Waals surface area contributed by atoms with E-state index < -0.39 is 0 Å². The Kier molecular flexibility index (Phi) is 4.02. The average Bonchev–Trinajstić information content (AvgIpc) is 2.31. The van der Waals surface area contributed by atoms with Crippen molar-refractivity contribution in [1.29, 1.82) is 0 Å². The number of hydrogen-bond acceptors (Lipinski definition) is 2. The third-order valence-corrected chi connectivity index (χ3v) is 3.51. The fourth-order valence-electron chi connectivity index (χ4n) is 1.39. The van der Waals surface area contributed by atoms with Gasteiger partial charge in [-0.25, -0.2) is 4.98 Å². The topological polar surface area (TPSA) is 22.1 Å². The second-order valence-corrected chi connectivity index (χ2v) is 4.90. The lowest BCUT2D eigenvalue weighted by molar-refractivity contribution is 0.291. The molecule has 1 aromatic carbocycles. The van der Waals surface area contributed by atoms with Gasteiger partial charge in [-0.05, 0) is 52.2 Å². The number of nitrogens with zero attached hydrogens (tertiary/aromatic N) is 1. The number of hydrogen-bond donors (Lipinski definition) is 0. The van der Waals surface area contributed by atoms with Crippen molar-refractivity contribution in [2.24, 2.45) is 0 Å². The lowest BCUT2D eigenvalue weighted by Gasteiger charge is -2.08. The molecule has 0 spiro atoms. The van der Waals surface area contributed by atoms with Crippen LogP contribution in [0.2, 0.25) is 5.02 Å². The molecule has 0 atom stereocenters. The Labute approximate surface area is 114 Å². The van der Waals surface area contributed by atoms with Gasteiger partial charge in [0.25, 0.3) is 0 Å². The molecule has 0 saturated carbocycles. The largest absolute Gasteiger partial charge is 0.472 e. The van der Waals surface area contributed by atoms with Gasteiger partial charge in [-0.2, -0.15) is 0 Å². The summed E-state index contributed by atoms with van der Waals surface area (Å²) in [6.45, 7) is 2.45. The summed E-state index contributed by atoms with van der Waals surface area (Å²) >= 11 is 9.36. The first-order valence-corrected chi connectivity index (χ1v) is 6.32. The van der Waals surface area contributed by atoms with Gasteiger partial charge in [0.05, 0.1) is 4.47 Å². The Bertz CT molecular complexity index is 531. The third-order valence-electron chi connectivity index (χ3n) is 2.31. The van der Waals surface area contributed by atoms with Gasteiger partial charge in [0.15, 0.2) is 0 Å². The van der Waals surface area contributed by atoms with Crippen molar-refractivity contribution in [2.45, 2.75) is 13.5 Å². The molecule has 0 N–H and O–H groups in total. The van der Waals surface area contributed by atoms with E-state index in [0.717, 1.165) is 15.6 Å². The van der Waals surface area contributed by atoms with Gasteiger partial charge >= 0.3 is 0 Å². The van der Waals surface area contributed by atoms with Gasteiger partial charge in [0, 0.05) is 11.2 Å². The molecule has 0 aliphatic heterocycles. The van der Waals surface area contributed by atoms with E-state index in [1.165, 1.54) is 0 Å². The number of pyridine rings is 1. The maximum atomic E-state index is 5.90. The number of rotatable bonds is 3. The molecule has 1 heterocycles. The number of aryl methyl sites for hydroxylation is 1. The second-order valence-electron chi connectivity index (χ2n) is 3.67. The van der Waals surface area contributed by atoms with Crippen LogP contribution < -0.4 is 4.74 Å². The van der Waals surface area contributed by atoms with Crippen LogP contribution in [-0.4, -0.2) is 4.98 Å². The number of aromatic nitrogens is 1. The van der Waals surface area contributed by atoms with Crippen molar-refractivity contribution in [1.82, 2.24) is 4.98 Å². The SMILES string of the molecule is Cc1ccnc(OCc2cccc(Cl)c2)c1Br. The predicted molar refractivity (Wildman–Crippen MR) is 72.5 cm³/mol. The summed E-state index contributed by atoms with van der Waals surface area (Å²) < 4.78 is 6.53. The Morgan fingerprint density at radius 2 is 2.18 bits per heavy atom. The standard InChI is InChI=1S/C13H11BrClNO/c1-9-5-6-16-13(12(9)14)17-8-10-3-2-4-11(15)7-10/h2-7H,8H2,1H3. The Hall–Kier alpha value is -1.06. The molecule has 0 saturated heterocycles. The molecule has 0 unspecified atom stereocenters. The minimum atomic E-state index is 0.454. The highest BCUT2D eigenvalue weighted by Gasteiger charge is 2.05. The molecule has 0 fully saturated rings. The minimum Gasteiger partial charge on any atom is -0.472 e. The molecule has 88 valence electrons. The van der Waals surface area contributed by atoms with E-state index in [4.69, 9.17) is 16.3 Å². The van der Waals surface area contributed by atoms with Crippen LogP contribution in [0.15, 0.2) is 41.0 Å². The maximum absolute atomic E-state index is 5.90. The van der Waals surface area contributed by atoms with E-state index in [1.54, 1.807) is 6.20 Å². The summed E-state index contributed by atoms with van der Waals surface area (Å²) in [7, 11) is 0. The summed E-state index contributed by atoms with van der Waals surface area (Å²) in [5.41, 5.74) is 2.12. The predicted octanol–water partition coefficient (Wildman–Crippen LogP) is 4.38. The minimum absolute atomic E-state index is 0.454. The van der Waals surface area contributed by atoms with Crippen LogP contribution in [-0.2, 0) is 6.61 Å². The highest BCUT2D eigenvalue weighted by molar-refractivity contribution is 9.10. The van der Waals surface area contributed by atoms with Gasteiger partial charge < -0.3 is 4.74 Å². The normalized spacial score (nSPS) is 10.3. The van der Waals surface area contributed by atoms with E-state index in [-0.39, 0.29) is 0 Å². The summed E-state index contributed by atoms with van der Waals surface area (Å²) in [5.74, 6) is 0.602. The van der Waals surface area contributed by atoms with Crippen molar-refractivity contribution >= 4 is 27.5 Å². The average molecular weight is 313 g/mol. The first-order chi connectivity index (χ1) is 8.16. The molecule has 0 bridgehead atoms. The molecule has 4 heteroatoms. The molecule has 17 heavy (non-hydrogen) atoms. The molecular weight excluding hydrogens is 302 g/mol. The maximum Gasteiger partial charge on any atom is 0.228 e. The van der Waals surface area contributed by atoms with Crippen molar-refractivity contribution < 1.29 is 4.74 Å². The van der Waals surface area contributed by atoms with E-state index in [0.29, 0.717) is 17.5 Å². The van der Waals surface area contributed by atoms with Crippen molar-refractivity contribution in [3.05, 3.63) is 57.2 Å². The molecule has 2 aromatic rings. The third kappa shape index (κ3) is 3.20. The van der Waals surface area contributed by atoms with Crippen LogP contribution >= 0.6 is 27.5 Å². The number of halogens is 2. The van der Waals surface area contributed by atoms with Gasteiger partial charge in [-0.15, -0.1) is 0 Å². The van der Waals surface area contributed by atoms with Crippen LogP contribution in [0.1, 0.15) is 11.1 Å². The second kappa shape index (κ2) is 5.52. The Morgan fingerprint density at radius 3 is 2.94 bits per heavy atom. The van der Waals surface area contributed by atoms with Crippen LogP contribution in [0.25, 0.3) is 0 Å². The van der Waals surface area contributed by atoms with E-state index >= 15 is 0 Å². The fourth-order valence-corrected chi connectivity index (χ4v) is 1.96. The Balaban J connectivity index is 2.10. The van der Waals surface area contributed by atoms with E-state index in [1.807, 2.05) is 37.3 Å². The lowest BCUT2D eigenvalue weighted by Crippen LogP contribution is -1.98. The summed E-state index contributed by atoms with van der Waals surface area (Å²) in [5, 5.41) is 0.711. The summed E-state index contributed by atoms with van der Waals surface area (Å²) in [4.78, 5) is 4.17. The van der Waals surface area contributed by atoms with Crippen LogP contribution in [0.3, 0.4) is 0 Å². The molecule has 0 aliphatic carbocycles. The van der Waals surface area contributed by atoms with Crippen molar-refractivity contribution in [3.63, 3.8) is 0 Å². The lowest BCUT2D eigenvalue weighted by atomic mass is 10.2. The molecule has 1 aromatic heterocycles. The highest BCUT2D eigenvalue weighted by Crippen LogP contribution is 2.26. The van der Waals surface area contributed by atoms with Crippen molar-refractivity contribution in [3.8, 4) is 5.88 Å².